The van der Waals surface area contributed by atoms with Crippen LogP contribution < -0.4 is 4.74 Å². The van der Waals surface area contributed by atoms with E-state index in [2.05, 4.69) is 0 Å². The third-order valence-electron chi connectivity index (χ3n) is 3.40. The summed E-state index contributed by atoms with van der Waals surface area (Å²) in [5, 5.41) is 39.0. The van der Waals surface area contributed by atoms with Gasteiger partial charge >= 0.3 is 0 Å². The summed E-state index contributed by atoms with van der Waals surface area (Å²) in [5.41, 5.74) is 0.361. The first-order valence-corrected chi connectivity index (χ1v) is 6.19. The van der Waals surface area contributed by atoms with Gasteiger partial charge in [0.2, 0.25) is 5.78 Å². The highest BCUT2D eigenvalue weighted by molar-refractivity contribution is 5.91. The smallest absolute Gasteiger partial charge is 0.295 e. The molecular weight excluding hydrogens is 276 g/mol. The second-order valence-electron chi connectivity index (χ2n) is 4.83. The molecule has 21 heavy (non-hydrogen) atoms. The van der Waals surface area contributed by atoms with Crippen LogP contribution in [-0.4, -0.2) is 26.2 Å². The molecule has 0 spiro atoms. The van der Waals surface area contributed by atoms with Crippen LogP contribution in [0.2, 0.25) is 0 Å². The van der Waals surface area contributed by atoms with Gasteiger partial charge in [0.1, 0.15) is 23.0 Å². The van der Waals surface area contributed by atoms with Crippen molar-refractivity contribution in [3.63, 3.8) is 0 Å². The van der Waals surface area contributed by atoms with Gasteiger partial charge in [-0.1, -0.05) is 0 Å². The van der Waals surface area contributed by atoms with Gasteiger partial charge in [-0.3, -0.25) is 4.79 Å². The maximum absolute atomic E-state index is 12.2. The monoisotopic (exact) mass is 288 g/mol. The number of aromatic hydroxyl groups is 3. The van der Waals surface area contributed by atoms with Crippen LogP contribution in [0.3, 0.4) is 0 Å². The molecule has 1 atom stereocenters. The van der Waals surface area contributed by atoms with Gasteiger partial charge in [0, 0.05) is 29.7 Å². The second-order valence-corrected chi connectivity index (χ2v) is 4.83. The lowest BCUT2D eigenvalue weighted by molar-refractivity contribution is -0.179. The van der Waals surface area contributed by atoms with Gasteiger partial charge in [-0.2, -0.15) is 0 Å². The largest absolute Gasteiger partial charge is 0.508 e. The van der Waals surface area contributed by atoms with Crippen molar-refractivity contribution in [3.05, 3.63) is 47.5 Å². The fourth-order valence-electron chi connectivity index (χ4n) is 2.29. The van der Waals surface area contributed by atoms with Gasteiger partial charge < -0.3 is 25.2 Å². The summed E-state index contributed by atoms with van der Waals surface area (Å²) in [6.07, 6.45) is -0.237. The van der Waals surface area contributed by atoms with Crippen LogP contribution in [0.15, 0.2) is 36.4 Å². The van der Waals surface area contributed by atoms with Crippen LogP contribution in [0, 0.1) is 0 Å². The van der Waals surface area contributed by atoms with E-state index in [0.717, 1.165) is 6.07 Å². The van der Waals surface area contributed by atoms with Crippen molar-refractivity contribution < 1.29 is 30.0 Å². The highest BCUT2D eigenvalue weighted by atomic mass is 16.6. The maximum Gasteiger partial charge on any atom is 0.295 e. The minimum absolute atomic E-state index is 0.0127. The minimum atomic E-state index is -2.22. The molecule has 0 radical (unpaired) electrons. The molecule has 0 aliphatic carbocycles. The number of ketones is 1. The number of rotatable bonds is 1. The molecule has 0 bridgehead atoms. The van der Waals surface area contributed by atoms with E-state index in [0.29, 0.717) is 0 Å². The average molecular weight is 288 g/mol. The van der Waals surface area contributed by atoms with Crippen LogP contribution in [0.25, 0.3) is 0 Å². The van der Waals surface area contributed by atoms with Crippen molar-refractivity contribution in [1.29, 1.82) is 0 Å². The molecule has 6 heteroatoms. The van der Waals surface area contributed by atoms with Crippen molar-refractivity contribution in [2.45, 2.75) is 12.2 Å². The molecule has 0 saturated heterocycles. The first kappa shape index (κ1) is 13.3. The molecule has 108 valence electrons. The molecule has 3 rings (SSSR count). The summed E-state index contributed by atoms with van der Waals surface area (Å²) in [5.74, 6) is -3.37. The third kappa shape index (κ3) is 2.05. The number of benzene rings is 2. The molecule has 4 N–H and O–H groups in total. The van der Waals surface area contributed by atoms with Crippen molar-refractivity contribution in [2.24, 2.45) is 0 Å². The zero-order valence-corrected chi connectivity index (χ0v) is 10.8. The molecule has 2 aromatic rings. The standard InChI is InChI=1S/C15H12O6/c16-9-3-1-8(2-4-9)15(20)14(19)7-11-12(18)5-10(17)6-13(11)21-15/h1-6,16-18,20H,7H2/t15-/m0/s1. The first-order chi connectivity index (χ1) is 9.90. The average Bonchev–Trinajstić information content (AvgIpc) is 2.42. The molecule has 1 heterocycles. The number of Topliss-reactive ketones (excluding diaryl/α,β-unsaturated/α-hetero) is 1. The summed E-state index contributed by atoms with van der Waals surface area (Å²) in [6.45, 7) is 0. The van der Waals surface area contributed by atoms with Gasteiger partial charge in [-0.15, -0.1) is 0 Å². The Bertz CT molecular complexity index is 722. The third-order valence-corrected chi connectivity index (χ3v) is 3.40. The van der Waals surface area contributed by atoms with Gasteiger partial charge in [-0.25, -0.2) is 0 Å². The van der Waals surface area contributed by atoms with E-state index in [1.165, 1.54) is 30.3 Å². The zero-order chi connectivity index (χ0) is 15.2. The molecule has 2 aromatic carbocycles. The Morgan fingerprint density at radius 2 is 1.67 bits per heavy atom. The lowest BCUT2D eigenvalue weighted by atomic mass is 9.92. The van der Waals surface area contributed by atoms with E-state index >= 15 is 0 Å². The van der Waals surface area contributed by atoms with Crippen LogP contribution in [-0.2, 0) is 17.0 Å². The fourth-order valence-corrected chi connectivity index (χ4v) is 2.29. The zero-order valence-electron chi connectivity index (χ0n) is 10.8. The summed E-state index contributed by atoms with van der Waals surface area (Å²) in [4.78, 5) is 12.2. The molecule has 6 nitrogen and oxygen atoms in total. The van der Waals surface area contributed by atoms with Gasteiger partial charge in [0.05, 0.1) is 0 Å². The summed E-state index contributed by atoms with van der Waals surface area (Å²) < 4.78 is 5.32. The Morgan fingerprint density at radius 1 is 1.00 bits per heavy atom. The number of fused-ring (bicyclic) bond motifs is 1. The van der Waals surface area contributed by atoms with E-state index in [1.807, 2.05) is 0 Å². The Labute approximate surface area is 119 Å². The Morgan fingerprint density at radius 3 is 2.33 bits per heavy atom. The molecule has 1 aliphatic rings. The Hall–Kier alpha value is -2.73. The number of phenolic OH excluding ortho intramolecular Hbond substituents is 3. The van der Waals surface area contributed by atoms with Crippen molar-refractivity contribution in [3.8, 4) is 23.0 Å². The van der Waals surface area contributed by atoms with E-state index < -0.39 is 11.6 Å². The van der Waals surface area contributed by atoms with E-state index in [4.69, 9.17) is 4.74 Å². The number of carbonyl (C=O) groups is 1. The van der Waals surface area contributed by atoms with Crippen molar-refractivity contribution in [1.82, 2.24) is 0 Å². The van der Waals surface area contributed by atoms with Crippen LogP contribution in [0.4, 0.5) is 0 Å². The maximum atomic E-state index is 12.2. The topological polar surface area (TPSA) is 107 Å². The fraction of sp³-hybridized carbons (Fsp3) is 0.133. The van der Waals surface area contributed by atoms with E-state index in [-0.39, 0.29) is 40.5 Å². The normalized spacial score (nSPS) is 20.7. The Kier molecular flexibility index (Phi) is 2.77. The molecular formula is C15H12O6. The van der Waals surface area contributed by atoms with Crippen LogP contribution >= 0.6 is 0 Å². The van der Waals surface area contributed by atoms with Gasteiger partial charge in [0.15, 0.2) is 0 Å². The van der Waals surface area contributed by atoms with Crippen LogP contribution in [0.5, 0.6) is 23.0 Å². The summed E-state index contributed by atoms with van der Waals surface area (Å²) >= 11 is 0. The molecule has 0 aromatic heterocycles. The Balaban J connectivity index is 2.09. The molecule has 0 unspecified atom stereocenters. The second kappa shape index (κ2) is 4.39. The molecule has 0 amide bonds. The van der Waals surface area contributed by atoms with Gasteiger partial charge in [-0.05, 0) is 24.3 Å². The number of hydrogen-bond acceptors (Lipinski definition) is 6. The van der Waals surface area contributed by atoms with E-state index in [9.17, 15) is 25.2 Å². The quantitative estimate of drug-likeness (QED) is 0.627. The first-order valence-electron chi connectivity index (χ1n) is 6.19. The molecule has 0 saturated carbocycles. The number of hydrogen-bond donors (Lipinski definition) is 4. The van der Waals surface area contributed by atoms with Gasteiger partial charge in [0.25, 0.3) is 5.79 Å². The van der Waals surface area contributed by atoms with E-state index in [1.54, 1.807) is 0 Å². The van der Waals surface area contributed by atoms with Crippen LogP contribution in [0.1, 0.15) is 11.1 Å². The summed E-state index contributed by atoms with van der Waals surface area (Å²) in [6, 6.07) is 7.67. The summed E-state index contributed by atoms with van der Waals surface area (Å²) in [7, 11) is 0. The predicted molar refractivity (Wildman–Crippen MR) is 71.1 cm³/mol. The molecule has 0 fully saturated rings. The lowest BCUT2D eigenvalue weighted by Gasteiger charge is -2.33. The predicted octanol–water partition coefficient (Wildman–Crippen LogP) is 1.15. The SMILES string of the molecule is O=C1Cc2c(O)cc(O)cc2O[C@@]1(O)c1ccc(O)cc1. The molecule has 1 aliphatic heterocycles. The number of carbonyl (C=O) groups excluding carboxylic acids is 1. The van der Waals surface area contributed by atoms with Crippen molar-refractivity contribution >= 4 is 5.78 Å². The van der Waals surface area contributed by atoms with Crippen molar-refractivity contribution in [2.75, 3.05) is 0 Å². The number of aliphatic hydroxyl groups is 1. The lowest BCUT2D eigenvalue weighted by Crippen LogP contribution is -2.45. The number of ether oxygens (including phenoxy) is 1. The highest BCUT2D eigenvalue weighted by Crippen LogP contribution is 2.42. The highest BCUT2D eigenvalue weighted by Gasteiger charge is 2.45. The minimum Gasteiger partial charge on any atom is -0.508 e. The number of phenols is 3.